The van der Waals surface area contributed by atoms with Crippen molar-refractivity contribution >= 4 is 0 Å². The second-order valence-electron chi connectivity index (χ2n) is 2.78. The van der Waals surface area contributed by atoms with Gasteiger partial charge >= 0.3 is 0 Å². The Labute approximate surface area is 55.8 Å². The number of likely N-dealkylation sites (N-methyl/N-ethyl adjacent to an activating group) is 1. The van der Waals surface area contributed by atoms with Crippen LogP contribution in [-0.2, 0) is 0 Å². The van der Waals surface area contributed by atoms with Crippen molar-refractivity contribution in [3.63, 3.8) is 0 Å². The highest BCUT2D eigenvalue weighted by atomic mass is 16.5. The Morgan fingerprint density at radius 1 is 1.78 bits per heavy atom. The number of rotatable bonds is 1. The van der Waals surface area contributed by atoms with Gasteiger partial charge in [0.05, 0.1) is 20.1 Å². The first-order valence-corrected chi connectivity index (χ1v) is 3.46. The predicted octanol–water partition coefficient (Wildman–Crippen LogP) is 0.270. The Morgan fingerprint density at radius 3 is 2.67 bits per heavy atom. The van der Waals surface area contributed by atoms with E-state index in [4.69, 9.17) is 0 Å². The normalized spacial score (nSPS) is 43.7. The summed E-state index contributed by atoms with van der Waals surface area (Å²) in [4.78, 5) is 0. The third kappa shape index (κ3) is 1.23. The van der Waals surface area contributed by atoms with Crippen molar-refractivity contribution in [1.29, 1.82) is 0 Å². The Balaban J connectivity index is 2.52. The molecule has 1 rings (SSSR count). The molecule has 0 aromatic carbocycles. The van der Waals surface area contributed by atoms with Crippen LogP contribution in [0.2, 0.25) is 0 Å². The molecule has 0 spiro atoms. The number of quaternary nitrogens is 1. The number of hydroxylamine groups is 3. The molecule has 2 unspecified atom stereocenters. The molecule has 0 aromatic rings. The first-order valence-electron chi connectivity index (χ1n) is 3.46. The van der Waals surface area contributed by atoms with Gasteiger partial charge in [0.1, 0.15) is 6.17 Å². The minimum Gasteiger partial charge on any atom is -0.632 e. The summed E-state index contributed by atoms with van der Waals surface area (Å²) in [7, 11) is 1.73. The summed E-state index contributed by atoms with van der Waals surface area (Å²) in [5, 5.41) is 14.5. The molecule has 0 radical (unpaired) electrons. The standard InChI is InChI=1S/C6H14N2O/c1-3-6-7-4-5-8(6,2)9/h6-7H,3-5H2,1-2H3. The van der Waals surface area contributed by atoms with E-state index in [0.717, 1.165) is 19.5 Å². The average molecular weight is 130 g/mol. The molecule has 0 aromatic heterocycles. The Kier molecular flexibility index (Phi) is 1.75. The van der Waals surface area contributed by atoms with Gasteiger partial charge in [0.15, 0.2) is 0 Å². The van der Waals surface area contributed by atoms with Crippen LogP contribution >= 0.6 is 0 Å². The molecule has 2 atom stereocenters. The Hall–Kier alpha value is -0.120. The van der Waals surface area contributed by atoms with Gasteiger partial charge < -0.3 is 9.85 Å². The van der Waals surface area contributed by atoms with Crippen LogP contribution in [-0.4, -0.2) is 30.9 Å². The van der Waals surface area contributed by atoms with E-state index >= 15 is 0 Å². The molecule has 9 heavy (non-hydrogen) atoms. The average Bonchev–Trinajstić information content (AvgIpc) is 2.08. The van der Waals surface area contributed by atoms with Crippen molar-refractivity contribution in [2.45, 2.75) is 19.5 Å². The van der Waals surface area contributed by atoms with Crippen molar-refractivity contribution in [2.24, 2.45) is 0 Å². The molecule has 0 saturated carbocycles. The maximum atomic E-state index is 11.3. The van der Waals surface area contributed by atoms with Crippen LogP contribution in [0.3, 0.4) is 0 Å². The van der Waals surface area contributed by atoms with Crippen LogP contribution in [0.5, 0.6) is 0 Å². The van der Waals surface area contributed by atoms with Gasteiger partial charge in [-0.05, 0) is 0 Å². The topological polar surface area (TPSA) is 35.1 Å². The van der Waals surface area contributed by atoms with E-state index in [1.54, 1.807) is 7.05 Å². The van der Waals surface area contributed by atoms with Crippen molar-refractivity contribution in [3.05, 3.63) is 5.21 Å². The zero-order valence-electron chi connectivity index (χ0n) is 6.05. The molecular weight excluding hydrogens is 116 g/mol. The van der Waals surface area contributed by atoms with E-state index in [2.05, 4.69) is 5.32 Å². The van der Waals surface area contributed by atoms with E-state index in [0.29, 0.717) is 0 Å². The minimum absolute atomic E-state index is 0.101. The third-order valence-electron chi connectivity index (χ3n) is 1.98. The van der Waals surface area contributed by atoms with Crippen LogP contribution in [0.1, 0.15) is 13.3 Å². The van der Waals surface area contributed by atoms with Gasteiger partial charge in [-0.1, -0.05) is 6.92 Å². The molecule has 1 aliphatic heterocycles. The molecule has 1 fully saturated rings. The third-order valence-corrected chi connectivity index (χ3v) is 1.98. The number of nitrogens with one attached hydrogen (secondary N) is 1. The fourth-order valence-corrected chi connectivity index (χ4v) is 1.33. The zero-order chi connectivity index (χ0) is 6.91. The first-order chi connectivity index (χ1) is 4.17. The van der Waals surface area contributed by atoms with E-state index in [9.17, 15) is 5.21 Å². The highest BCUT2D eigenvalue weighted by Gasteiger charge is 2.27. The largest absolute Gasteiger partial charge is 0.632 e. The van der Waals surface area contributed by atoms with Crippen LogP contribution in [0.25, 0.3) is 0 Å². The number of hydrogen-bond donors (Lipinski definition) is 1. The van der Waals surface area contributed by atoms with Gasteiger partial charge in [-0.2, -0.15) is 0 Å². The fourth-order valence-electron chi connectivity index (χ4n) is 1.33. The molecule has 0 aliphatic carbocycles. The summed E-state index contributed by atoms with van der Waals surface area (Å²) < 4.78 is -0.101. The lowest BCUT2D eigenvalue weighted by Gasteiger charge is -2.38. The molecule has 3 heteroatoms. The fraction of sp³-hybridized carbons (Fsp3) is 1.00. The second-order valence-corrected chi connectivity index (χ2v) is 2.78. The summed E-state index contributed by atoms with van der Waals surface area (Å²) in [6, 6.07) is 0. The zero-order valence-corrected chi connectivity index (χ0v) is 6.05. The molecule has 1 N–H and O–H groups in total. The first kappa shape index (κ1) is 6.99. The van der Waals surface area contributed by atoms with Crippen molar-refractivity contribution < 1.29 is 4.65 Å². The summed E-state index contributed by atoms with van der Waals surface area (Å²) in [5.41, 5.74) is 0. The minimum atomic E-state index is -0.101. The Bertz CT molecular complexity index is 103. The smallest absolute Gasteiger partial charge is 0.142 e. The van der Waals surface area contributed by atoms with Crippen LogP contribution in [0, 0.1) is 5.21 Å². The predicted molar refractivity (Wildman–Crippen MR) is 36.5 cm³/mol. The molecule has 0 amide bonds. The highest BCUT2D eigenvalue weighted by Crippen LogP contribution is 2.12. The SMILES string of the molecule is CCC1NCC[N+]1(C)[O-]. The number of hydrogen-bond acceptors (Lipinski definition) is 2. The summed E-state index contributed by atoms with van der Waals surface area (Å²) in [6.45, 7) is 3.63. The van der Waals surface area contributed by atoms with E-state index in [1.807, 2.05) is 6.92 Å². The second kappa shape index (κ2) is 2.25. The van der Waals surface area contributed by atoms with Crippen molar-refractivity contribution in [3.8, 4) is 0 Å². The van der Waals surface area contributed by atoms with Gasteiger partial charge in [0, 0.05) is 6.42 Å². The monoisotopic (exact) mass is 130 g/mol. The van der Waals surface area contributed by atoms with Crippen LogP contribution < -0.4 is 5.32 Å². The lowest BCUT2D eigenvalue weighted by atomic mass is 10.4. The van der Waals surface area contributed by atoms with E-state index in [-0.39, 0.29) is 10.8 Å². The number of nitrogens with zero attached hydrogens (tertiary/aromatic N) is 1. The lowest BCUT2D eigenvalue weighted by molar-refractivity contribution is -0.874. The van der Waals surface area contributed by atoms with Gasteiger partial charge in [0.25, 0.3) is 0 Å². The molecule has 1 heterocycles. The molecule has 1 aliphatic rings. The van der Waals surface area contributed by atoms with Gasteiger partial charge in [-0.15, -0.1) is 0 Å². The summed E-state index contributed by atoms with van der Waals surface area (Å²) in [5.74, 6) is 0. The van der Waals surface area contributed by atoms with Gasteiger partial charge in [0.2, 0.25) is 0 Å². The molecule has 54 valence electrons. The maximum absolute atomic E-state index is 11.3. The summed E-state index contributed by atoms with van der Waals surface area (Å²) in [6.07, 6.45) is 1.07. The lowest BCUT2D eigenvalue weighted by Crippen LogP contribution is -2.45. The van der Waals surface area contributed by atoms with Crippen LogP contribution in [0.4, 0.5) is 0 Å². The van der Waals surface area contributed by atoms with E-state index < -0.39 is 0 Å². The van der Waals surface area contributed by atoms with Crippen LogP contribution in [0.15, 0.2) is 0 Å². The molecule has 3 nitrogen and oxygen atoms in total. The maximum Gasteiger partial charge on any atom is 0.142 e. The molecule has 0 bridgehead atoms. The van der Waals surface area contributed by atoms with Crippen molar-refractivity contribution in [1.82, 2.24) is 5.32 Å². The molecule has 1 saturated heterocycles. The summed E-state index contributed by atoms with van der Waals surface area (Å²) >= 11 is 0. The van der Waals surface area contributed by atoms with Gasteiger partial charge in [-0.3, -0.25) is 5.32 Å². The van der Waals surface area contributed by atoms with Gasteiger partial charge in [-0.25, -0.2) is 0 Å². The molecular formula is C6H14N2O. The highest BCUT2D eigenvalue weighted by molar-refractivity contribution is 4.63. The van der Waals surface area contributed by atoms with Crippen molar-refractivity contribution in [2.75, 3.05) is 20.1 Å². The Morgan fingerprint density at radius 2 is 2.44 bits per heavy atom. The van der Waals surface area contributed by atoms with E-state index in [1.165, 1.54) is 0 Å². The quantitative estimate of drug-likeness (QED) is 0.408.